The first-order valence-corrected chi connectivity index (χ1v) is 8.76. The Morgan fingerprint density at radius 2 is 1.71 bits per heavy atom. The molecule has 0 fully saturated rings. The standard InChI is InChI=1S/C21H25NO6/c1-14(28-21(24)17-7-5-6-16(10-17)13-25-2)20(23)22-12-15-8-9-18(26-3)19(11-15)27-4/h5-11,14H,12-13H2,1-4H3,(H,22,23)/t14-/m1/s1. The second-order valence-electron chi connectivity index (χ2n) is 6.09. The van der Waals surface area contributed by atoms with Gasteiger partial charge in [0.1, 0.15) is 0 Å². The minimum absolute atomic E-state index is 0.268. The van der Waals surface area contributed by atoms with E-state index in [-0.39, 0.29) is 6.54 Å². The highest BCUT2D eigenvalue weighted by molar-refractivity contribution is 5.92. The lowest BCUT2D eigenvalue weighted by molar-refractivity contribution is -0.129. The molecule has 0 bridgehead atoms. The molecule has 0 aromatic heterocycles. The minimum Gasteiger partial charge on any atom is -0.493 e. The first-order valence-electron chi connectivity index (χ1n) is 8.76. The van der Waals surface area contributed by atoms with E-state index in [0.717, 1.165) is 11.1 Å². The lowest BCUT2D eigenvalue weighted by atomic mass is 10.1. The number of amides is 1. The zero-order valence-corrected chi connectivity index (χ0v) is 16.5. The molecule has 0 aliphatic carbocycles. The van der Waals surface area contributed by atoms with Crippen LogP contribution in [0, 0.1) is 0 Å². The van der Waals surface area contributed by atoms with Gasteiger partial charge in [0.25, 0.3) is 5.91 Å². The SMILES string of the molecule is COCc1cccc(C(=O)O[C@H](C)C(=O)NCc2ccc(OC)c(OC)c2)c1. The maximum Gasteiger partial charge on any atom is 0.338 e. The molecule has 0 aliphatic heterocycles. The van der Waals surface area contributed by atoms with Gasteiger partial charge >= 0.3 is 5.97 Å². The maximum absolute atomic E-state index is 12.3. The number of esters is 1. The Labute approximate surface area is 164 Å². The van der Waals surface area contributed by atoms with Gasteiger partial charge in [-0.1, -0.05) is 18.2 Å². The van der Waals surface area contributed by atoms with Crippen molar-refractivity contribution in [3.8, 4) is 11.5 Å². The van der Waals surface area contributed by atoms with Crippen LogP contribution in [0.25, 0.3) is 0 Å². The van der Waals surface area contributed by atoms with Gasteiger partial charge in [0.15, 0.2) is 17.6 Å². The average molecular weight is 387 g/mol. The van der Waals surface area contributed by atoms with Crippen LogP contribution in [0.1, 0.15) is 28.4 Å². The summed E-state index contributed by atoms with van der Waals surface area (Å²) in [6, 6.07) is 12.3. The number of carbonyl (C=O) groups is 2. The quantitative estimate of drug-likeness (QED) is 0.666. The summed E-state index contributed by atoms with van der Waals surface area (Å²) in [6.07, 6.45) is -0.932. The Balaban J connectivity index is 1.92. The number of benzene rings is 2. The number of methoxy groups -OCH3 is 3. The second kappa shape index (κ2) is 10.3. The van der Waals surface area contributed by atoms with Crippen molar-refractivity contribution in [1.29, 1.82) is 0 Å². The van der Waals surface area contributed by atoms with Crippen LogP contribution in [0.5, 0.6) is 11.5 Å². The van der Waals surface area contributed by atoms with Gasteiger partial charge in [0.05, 0.1) is 26.4 Å². The van der Waals surface area contributed by atoms with Crippen molar-refractivity contribution in [3.05, 3.63) is 59.2 Å². The first-order chi connectivity index (χ1) is 13.5. The van der Waals surface area contributed by atoms with E-state index in [4.69, 9.17) is 18.9 Å². The molecule has 28 heavy (non-hydrogen) atoms. The summed E-state index contributed by atoms with van der Waals surface area (Å²) in [5.41, 5.74) is 2.05. The molecule has 1 atom stereocenters. The molecule has 1 amide bonds. The minimum atomic E-state index is -0.932. The van der Waals surface area contributed by atoms with Crippen LogP contribution in [-0.4, -0.2) is 39.3 Å². The number of ether oxygens (including phenoxy) is 4. The highest BCUT2D eigenvalue weighted by Gasteiger charge is 2.19. The predicted octanol–water partition coefficient (Wildman–Crippen LogP) is 2.71. The number of hydrogen-bond acceptors (Lipinski definition) is 6. The van der Waals surface area contributed by atoms with Crippen molar-refractivity contribution >= 4 is 11.9 Å². The highest BCUT2D eigenvalue weighted by atomic mass is 16.5. The Hall–Kier alpha value is -3.06. The van der Waals surface area contributed by atoms with Crippen LogP contribution in [0.15, 0.2) is 42.5 Å². The Morgan fingerprint density at radius 1 is 0.964 bits per heavy atom. The third-order valence-electron chi connectivity index (χ3n) is 4.04. The topological polar surface area (TPSA) is 83.1 Å². The normalized spacial score (nSPS) is 11.4. The number of hydrogen-bond donors (Lipinski definition) is 1. The fourth-order valence-corrected chi connectivity index (χ4v) is 2.56. The molecule has 150 valence electrons. The van der Waals surface area contributed by atoms with Crippen LogP contribution >= 0.6 is 0 Å². The molecule has 2 aromatic rings. The summed E-state index contributed by atoms with van der Waals surface area (Å²) < 4.78 is 20.7. The fourth-order valence-electron chi connectivity index (χ4n) is 2.56. The van der Waals surface area contributed by atoms with Crippen LogP contribution in [0.3, 0.4) is 0 Å². The van der Waals surface area contributed by atoms with Gasteiger partial charge in [-0.15, -0.1) is 0 Å². The van der Waals surface area contributed by atoms with E-state index >= 15 is 0 Å². The smallest absolute Gasteiger partial charge is 0.338 e. The highest BCUT2D eigenvalue weighted by Crippen LogP contribution is 2.27. The number of nitrogens with one attached hydrogen (secondary N) is 1. The van der Waals surface area contributed by atoms with Gasteiger partial charge in [-0.3, -0.25) is 4.79 Å². The molecule has 0 radical (unpaired) electrons. The summed E-state index contributed by atoms with van der Waals surface area (Å²) in [5.74, 6) is 0.225. The van der Waals surface area contributed by atoms with Crippen LogP contribution in [-0.2, 0) is 27.4 Å². The Bertz CT molecular complexity index is 820. The second-order valence-corrected chi connectivity index (χ2v) is 6.09. The Kier molecular flexibility index (Phi) is 7.83. The third-order valence-corrected chi connectivity index (χ3v) is 4.04. The molecule has 0 saturated heterocycles. The molecule has 7 nitrogen and oxygen atoms in total. The van der Waals surface area contributed by atoms with Crippen molar-refractivity contribution in [3.63, 3.8) is 0 Å². The van der Waals surface area contributed by atoms with Crippen molar-refractivity contribution in [2.24, 2.45) is 0 Å². The molecule has 0 saturated carbocycles. The van der Waals surface area contributed by atoms with Crippen LogP contribution in [0.2, 0.25) is 0 Å². The molecular weight excluding hydrogens is 362 g/mol. The summed E-state index contributed by atoms with van der Waals surface area (Å²) in [7, 11) is 4.68. The van der Waals surface area contributed by atoms with Gasteiger partial charge in [-0.2, -0.15) is 0 Å². The van der Waals surface area contributed by atoms with Gasteiger partial charge in [0.2, 0.25) is 0 Å². The van der Waals surface area contributed by atoms with Gasteiger partial charge in [-0.05, 0) is 42.3 Å². The number of carbonyl (C=O) groups excluding carboxylic acids is 2. The molecule has 2 aromatic carbocycles. The largest absolute Gasteiger partial charge is 0.493 e. The van der Waals surface area contributed by atoms with E-state index in [1.165, 1.54) is 6.92 Å². The monoisotopic (exact) mass is 387 g/mol. The molecule has 0 heterocycles. The van der Waals surface area contributed by atoms with Crippen molar-refractivity contribution < 1.29 is 28.5 Å². The molecule has 0 aliphatic rings. The van der Waals surface area contributed by atoms with E-state index in [0.29, 0.717) is 23.7 Å². The molecular formula is C21H25NO6. The Morgan fingerprint density at radius 3 is 2.39 bits per heavy atom. The van der Waals surface area contributed by atoms with Crippen molar-refractivity contribution in [1.82, 2.24) is 5.32 Å². The van der Waals surface area contributed by atoms with Gasteiger partial charge in [-0.25, -0.2) is 4.79 Å². The summed E-state index contributed by atoms with van der Waals surface area (Å²) in [6.45, 7) is 2.19. The predicted molar refractivity (Wildman–Crippen MR) is 103 cm³/mol. The van der Waals surface area contributed by atoms with E-state index in [1.54, 1.807) is 51.7 Å². The molecule has 2 rings (SSSR count). The number of rotatable bonds is 9. The first kappa shape index (κ1) is 21.2. The zero-order valence-electron chi connectivity index (χ0n) is 16.5. The molecule has 0 unspecified atom stereocenters. The summed E-state index contributed by atoms with van der Waals surface area (Å²) in [5, 5.41) is 2.74. The third kappa shape index (κ3) is 5.72. The molecule has 7 heteroatoms. The molecule has 1 N–H and O–H groups in total. The van der Waals surface area contributed by atoms with E-state index < -0.39 is 18.0 Å². The average Bonchev–Trinajstić information content (AvgIpc) is 2.72. The lowest BCUT2D eigenvalue weighted by Crippen LogP contribution is -2.35. The maximum atomic E-state index is 12.3. The zero-order chi connectivity index (χ0) is 20.5. The van der Waals surface area contributed by atoms with Crippen molar-refractivity contribution in [2.45, 2.75) is 26.2 Å². The van der Waals surface area contributed by atoms with E-state index in [9.17, 15) is 9.59 Å². The molecule has 0 spiro atoms. The summed E-state index contributed by atoms with van der Waals surface area (Å²) >= 11 is 0. The van der Waals surface area contributed by atoms with Crippen molar-refractivity contribution in [2.75, 3.05) is 21.3 Å². The van der Waals surface area contributed by atoms with E-state index in [1.807, 2.05) is 12.1 Å². The fraction of sp³-hybridized carbons (Fsp3) is 0.333. The summed E-state index contributed by atoms with van der Waals surface area (Å²) in [4.78, 5) is 24.5. The van der Waals surface area contributed by atoms with Gasteiger partial charge < -0.3 is 24.3 Å². The lowest BCUT2D eigenvalue weighted by Gasteiger charge is -2.15. The van der Waals surface area contributed by atoms with Crippen LogP contribution in [0.4, 0.5) is 0 Å². The van der Waals surface area contributed by atoms with Crippen LogP contribution < -0.4 is 14.8 Å². The van der Waals surface area contributed by atoms with Gasteiger partial charge in [0, 0.05) is 13.7 Å². The van der Waals surface area contributed by atoms with E-state index in [2.05, 4.69) is 5.32 Å².